The van der Waals surface area contributed by atoms with Crippen molar-refractivity contribution in [1.82, 2.24) is 0 Å². The van der Waals surface area contributed by atoms with E-state index in [2.05, 4.69) is 0 Å². The van der Waals surface area contributed by atoms with Crippen LogP contribution in [0.25, 0.3) is 0 Å². The van der Waals surface area contributed by atoms with Crippen LogP contribution in [0.3, 0.4) is 0 Å². The maximum atomic E-state index is 5.51. The molecule has 0 spiro atoms. The summed E-state index contributed by atoms with van der Waals surface area (Å²) in [6.07, 6.45) is 3.84. The lowest BCUT2D eigenvalue weighted by Crippen LogP contribution is -2.08. The van der Waals surface area contributed by atoms with Crippen LogP contribution in [0.2, 0.25) is 0 Å². The molecule has 0 saturated heterocycles. The number of hydrogen-bond donors (Lipinski definition) is 2. The zero-order valence-electron chi connectivity index (χ0n) is 4.89. The number of nitrogens with two attached hydrogens (primary N) is 2. The van der Waals surface area contributed by atoms with Gasteiger partial charge in [-0.15, -0.1) is 0 Å². The van der Waals surface area contributed by atoms with E-state index in [1.165, 1.54) is 0 Å². The summed E-state index contributed by atoms with van der Waals surface area (Å²) in [6.45, 7) is 2.02. The van der Waals surface area contributed by atoms with Crippen LogP contribution in [0.4, 0.5) is 0 Å². The number of rotatable bonds is 0. The third-order valence-electron chi connectivity index (χ3n) is 1.39. The topological polar surface area (TPSA) is 52.0 Å². The molecule has 44 valence electrons. The second-order valence-electron chi connectivity index (χ2n) is 2.06. The van der Waals surface area contributed by atoms with Crippen molar-refractivity contribution < 1.29 is 0 Å². The molecule has 1 aliphatic carbocycles. The van der Waals surface area contributed by atoms with E-state index in [-0.39, 0.29) is 0 Å². The Labute approximate surface area is 48.9 Å². The van der Waals surface area contributed by atoms with Gasteiger partial charge in [0, 0.05) is 11.6 Å². The minimum absolute atomic E-state index is 0.343. The van der Waals surface area contributed by atoms with Crippen LogP contribution in [0.5, 0.6) is 0 Å². The van der Waals surface area contributed by atoms with Crippen LogP contribution in [-0.4, -0.2) is 0 Å². The fraction of sp³-hybridized carbons (Fsp3) is 0.333. The van der Waals surface area contributed by atoms with Crippen molar-refractivity contribution >= 4 is 0 Å². The monoisotopic (exact) mass is 110 g/mol. The van der Waals surface area contributed by atoms with Gasteiger partial charge >= 0.3 is 0 Å². The lowest BCUT2D eigenvalue weighted by molar-refractivity contribution is 0.857. The Kier molecular flexibility index (Phi) is 1.01. The number of hydrogen-bond acceptors (Lipinski definition) is 2. The molecule has 8 heavy (non-hydrogen) atoms. The van der Waals surface area contributed by atoms with Crippen molar-refractivity contribution in [2.75, 3.05) is 0 Å². The van der Waals surface area contributed by atoms with Crippen molar-refractivity contribution in [3.63, 3.8) is 0 Å². The van der Waals surface area contributed by atoms with E-state index < -0.39 is 0 Å². The fourth-order valence-electron chi connectivity index (χ4n) is 0.711. The van der Waals surface area contributed by atoms with E-state index in [1.807, 2.05) is 19.1 Å². The first-order valence-corrected chi connectivity index (χ1v) is 2.65. The fourth-order valence-corrected chi connectivity index (χ4v) is 0.711. The lowest BCUT2D eigenvalue weighted by Gasteiger charge is -1.99. The predicted octanol–water partition coefficient (Wildman–Crippen LogP) is 0.321. The van der Waals surface area contributed by atoms with Gasteiger partial charge in [-0.2, -0.15) is 0 Å². The molecule has 4 N–H and O–H groups in total. The summed E-state index contributed by atoms with van der Waals surface area (Å²) in [7, 11) is 0. The molecule has 1 atom stereocenters. The lowest BCUT2D eigenvalue weighted by atomic mass is 10.2. The van der Waals surface area contributed by atoms with Crippen LogP contribution in [0.1, 0.15) is 6.92 Å². The van der Waals surface area contributed by atoms with Crippen LogP contribution >= 0.6 is 0 Å². The standard InChI is InChI=1S/C6H10N2/c1-4-2-3-5(7)6(4)8/h2-4H,7-8H2,1H3. The molecule has 2 nitrogen and oxygen atoms in total. The van der Waals surface area contributed by atoms with Gasteiger partial charge in [-0.25, -0.2) is 0 Å². The first-order chi connectivity index (χ1) is 3.72. The molecule has 0 aromatic heterocycles. The Morgan fingerprint density at radius 3 is 2.25 bits per heavy atom. The van der Waals surface area contributed by atoms with Crippen LogP contribution < -0.4 is 11.5 Å². The molecule has 0 saturated carbocycles. The summed E-state index contributed by atoms with van der Waals surface area (Å²) >= 11 is 0. The van der Waals surface area contributed by atoms with Crippen LogP contribution in [0.15, 0.2) is 23.5 Å². The maximum absolute atomic E-state index is 5.51. The molecule has 1 aliphatic rings. The van der Waals surface area contributed by atoms with E-state index in [1.54, 1.807) is 0 Å². The first-order valence-electron chi connectivity index (χ1n) is 2.65. The minimum atomic E-state index is 0.343. The van der Waals surface area contributed by atoms with Crippen LogP contribution in [-0.2, 0) is 0 Å². The molecule has 0 fully saturated rings. The average molecular weight is 110 g/mol. The summed E-state index contributed by atoms with van der Waals surface area (Å²) in [6, 6.07) is 0. The third-order valence-corrected chi connectivity index (χ3v) is 1.39. The molecule has 0 radical (unpaired) electrons. The van der Waals surface area contributed by atoms with Gasteiger partial charge in [0.25, 0.3) is 0 Å². The molecule has 0 heterocycles. The Morgan fingerprint density at radius 1 is 1.50 bits per heavy atom. The Balaban J connectivity index is 2.85. The van der Waals surface area contributed by atoms with Gasteiger partial charge in [0.2, 0.25) is 0 Å². The van der Waals surface area contributed by atoms with Crippen LogP contribution in [0, 0.1) is 5.92 Å². The van der Waals surface area contributed by atoms with E-state index in [9.17, 15) is 0 Å². The van der Waals surface area contributed by atoms with Crippen molar-refractivity contribution in [3.8, 4) is 0 Å². The van der Waals surface area contributed by atoms with Crippen molar-refractivity contribution in [2.45, 2.75) is 6.92 Å². The summed E-state index contributed by atoms with van der Waals surface area (Å²) < 4.78 is 0. The molecule has 2 heteroatoms. The molecule has 1 rings (SSSR count). The SMILES string of the molecule is CC1C=CC(N)=C1N. The summed E-state index contributed by atoms with van der Waals surface area (Å²) in [4.78, 5) is 0. The second-order valence-corrected chi connectivity index (χ2v) is 2.06. The van der Waals surface area contributed by atoms with Gasteiger partial charge in [-0.1, -0.05) is 13.0 Å². The molecule has 0 aromatic rings. The van der Waals surface area contributed by atoms with Gasteiger partial charge < -0.3 is 11.5 Å². The summed E-state index contributed by atoms with van der Waals surface area (Å²) in [5.41, 5.74) is 12.5. The molecular formula is C6H10N2. The summed E-state index contributed by atoms with van der Waals surface area (Å²) in [5.74, 6) is 0.343. The smallest absolute Gasteiger partial charge is 0.0507 e. The zero-order valence-corrected chi connectivity index (χ0v) is 4.89. The van der Waals surface area contributed by atoms with E-state index in [4.69, 9.17) is 11.5 Å². The van der Waals surface area contributed by atoms with Crippen molar-refractivity contribution in [3.05, 3.63) is 23.5 Å². The number of allylic oxidation sites excluding steroid dienone is 2. The first kappa shape index (κ1) is 5.22. The zero-order chi connectivity index (χ0) is 6.15. The highest BCUT2D eigenvalue weighted by Crippen LogP contribution is 2.15. The second kappa shape index (κ2) is 1.54. The maximum Gasteiger partial charge on any atom is 0.0507 e. The van der Waals surface area contributed by atoms with E-state index in [0.717, 1.165) is 11.4 Å². The van der Waals surface area contributed by atoms with Crippen molar-refractivity contribution in [2.24, 2.45) is 17.4 Å². The van der Waals surface area contributed by atoms with E-state index in [0.29, 0.717) is 5.92 Å². The molecular weight excluding hydrogens is 100 g/mol. The Bertz CT molecular complexity index is 156. The van der Waals surface area contributed by atoms with Crippen molar-refractivity contribution in [1.29, 1.82) is 0 Å². The van der Waals surface area contributed by atoms with Gasteiger partial charge in [0.15, 0.2) is 0 Å². The molecule has 0 amide bonds. The molecule has 1 unspecified atom stereocenters. The van der Waals surface area contributed by atoms with Gasteiger partial charge in [-0.3, -0.25) is 0 Å². The van der Waals surface area contributed by atoms with Gasteiger partial charge in [0.1, 0.15) is 0 Å². The Morgan fingerprint density at radius 2 is 2.12 bits per heavy atom. The molecule has 0 bridgehead atoms. The normalized spacial score (nSPS) is 27.4. The minimum Gasteiger partial charge on any atom is -0.400 e. The van der Waals surface area contributed by atoms with Gasteiger partial charge in [0.05, 0.1) is 5.70 Å². The highest BCUT2D eigenvalue weighted by molar-refractivity contribution is 5.31. The van der Waals surface area contributed by atoms with Gasteiger partial charge in [-0.05, 0) is 6.08 Å². The molecule has 0 aliphatic heterocycles. The quantitative estimate of drug-likeness (QED) is 0.472. The average Bonchev–Trinajstić information content (AvgIpc) is 1.98. The molecule has 0 aromatic carbocycles. The summed E-state index contributed by atoms with van der Waals surface area (Å²) in [5, 5.41) is 0. The highest BCUT2D eigenvalue weighted by Gasteiger charge is 2.08. The predicted molar refractivity (Wildman–Crippen MR) is 33.7 cm³/mol. The van der Waals surface area contributed by atoms with E-state index >= 15 is 0 Å². The highest BCUT2D eigenvalue weighted by atomic mass is 14.7. The largest absolute Gasteiger partial charge is 0.400 e. The third kappa shape index (κ3) is 0.579. The Hall–Kier alpha value is -0.920.